The van der Waals surface area contributed by atoms with Crippen LogP contribution in [0, 0.1) is 28.6 Å². The van der Waals surface area contributed by atoms with E-state index in [4.69, 9.17) is 0 Å². The number of hydrogen-bond acceptors (Lipinski definition) is 2. The van der Waals surface area contributed by atoms with E-state index in [9.17, 15) is 5.11 Å². The van der Waals surface area contributed by atoms with Crippen LogP contribution in [-0.2, 0) is 16.6 Å². The van der Waals surface area contributed by atoms with E-state index in [2.05, 4.69) is 86.2 Å². The molecule has 4 rings (SSSR count). The molecule has 1 aromatic carbocycles. The Morgan fingerprint density at radius 2 is 1.50 bits per heavy atom. The molecule has 216 valence electrons. The summed E-state index contributed by atoms with van der Waals surface area (Å²) in [5.74, 6) is 3.73. The molecule has 4 unspecified atom stereocenters. The summed E-state index contributed by atoms with van der Waals surface area (Å²) in [7, 11) is 0. The van der Waals surface area contributed by atoms with Crippen LogP contribution in [0.4, 0.5) is 0 Å². The van der Waals surface area contributed by atoms with Gasteiger partial charge in [0.05, 0.1) is 0 Å². The molecule has 38 heavy (non-hydrogen) atoms. The largest absolute Gasteiger partial charge is 0.507 e. The highest BCUT2D eigenvalue weighted by Gasteiger charge is 2.56. The zero-order valence-corrected chi connectivity index (χ0v) is 27.3. The summed E-state index contributed by atoms with van der Waals surface area (Å²) in [5, 5.41) is 12.7. The Labute approximate surface area is 240 Å². The van der Waals surface area contributed by atoms with E-state index in [0.29, 0.717) is 22.5 Å². The molecule has 0 spiro atoms. The monoisotopic (exact) mass is 540 g/mol. The molecular formula is C36H60OS. The Kier molecular flexibility index (Phi) is 9.04. The number of aromatic hydroxyl groups is 1. The molecule has 3 fully saturated rings. The van der Waals surface area contributed by atoms with Crippen molar-refractivity contribution in [2.45, 2.75) is 161 Å². The molecule has 2 bridgehead atoms. The maximum Gasteiger partial charge on any atom is 0.123 e. The first-order chi connectivity index (χ1) is 17.7. The standard InChI is InChI=1S/C36H60OS/c1-25(2)34(8)19-27-20-35(9,24-36(21-27,23-34)26(3)4)31-18-29(33(5,6)7)17-28(32(31)37)22-38-30-15-13-11-10-12-14-16-30/h17-18,25-27,30,37H,10-16,19-24H2,1-9H3. The number of rotatable bonds is 6. The van der Waals surface area contributed by atoms with Gasteiger partial charge in [0, 0.05) is 22.1 Å². The third-order valence-electron chi connectivity index (χ3n) is 11.5. The highest BCUT2D eigenvalue weighted by molar-refractivity contribution is 7.99. The second kappa shape index (κ2) is 11.3. The summed E-state index contributed by atoms with van der Waals surface area (Å²) in [6, 6.07) is 4.78. The molecule has 0 saturated heterocycles. The lowest BCUT2D eigenvalue weighted by molar-refractivity contribution is -0.0841. The van der Waals surface area contributed by atoms with E-state index in [-0.39, 0.29) is 10.8 Å². The first-order valence-corrected chi connectivity index (χ1v) is 17.2. The lowest BCUT2D eigenvalue weighted by Gasteiger charge is -2.61. The summed E-state index contributed by atoms with van der Waals surface area (Å²) in [4.78, 5) is 0. The summed E-state index contributed by atoms with van der Waals surface area (Å²) < 4.78 is 0. The molecule has 0 radical (unpaired) electrons. The summed E-state index contributed by atoms with van der Waals surface area (Å²) in [6.45, 7) is 22.0. The Morgan fingerprint density at radius 3 is 2.08 bits per heavy atom. The third-order valence-corrected chi connectivity index (χ3v) is 13.0. The van der Waals surface area contributed by atoms with Crippen molar-refractivity contribution in [2.24, 2.45) is 28.6 Å². The van der Waals surface area contributed by atoms with Crippen LogP contribution in [0.1, 0.15) is 156 Å². The van der Waals surface area contributed by atoms with Crippen LogP contribution >= 0.6 is 11.8 Å². The minimum absolute atomic E-state index is 0.0382. The topological polar surface area (TPSA) is 20.2 Å². The molecular weight excluding hydrogens is 480 g/mol. The van der Waals surface area contributed by atoms with Crippen molar-refractivity contribution in [3.63, 3.8) is 0 Å². The van der Waals surface area contributed by atoms with Gasteiger partial charge in [-0.1, -0.05) is 107 Å². The van der Waals surface area contributed by atoms with E-state index >= 15 is 0 Å². The maximum absolute atomic E-state index is 12.0. The van der Waals surface area contributed by atoms with Gasteiger partial charge in [0.1, 0.15) is 5.75 Å². The van der Waals surface area contributed by atoms with Crippen LogP contribution < -0.4 is 0 Å². The number of thioether (sulfide) groups is 1. The van der Waals surface area contributed by atoms with Gasteiger partial charge in [-0.3, -0.25) is 0 Å². The molecule has 3 saturated carbocycles. The van der Waals surface area contributed by atoms with Gasteiger partial charge in [0.2, 0.25) is 0 Å². The average molecular weight is 541 g/mol. The SMILES string of the molecule is CC(C)C1(C)CC2CC(C)(c3cc(C(C)(C)C)cc(CSC4CCCCCCC4)c3O)CC(C(C)C)(C2)C1. The Hall–Kier alpha value is -0.630. The minimum Gasteiger partial charge on any atom is -0.507 e. The van der Waals surface area contributed by atoms with Gasteiger partial charge in [0.15, 0.2) is 0 Å². The van der Waals surface area contributed by atoms with E-state index in [1.165, 1.54) is 93.7 Å². The minimum atomic E-state index is 0.0382. The Morgan fingerprint density at radius 1 is 0.868 bits per heavy atom. The number of phenolic OH excluding ortho intramolecular Hbond substituents is 1. The molecule has 1 aromatic rings. The van der Waals surface area contributed by atoms with Crippen LogP contribution in [0.3, 0.4) is 0 Å². The second-order valence-electron chi connectivity index (χ2n) is 16.3. The molecule has 1 N–H and O–H groups in total. The van der Waals surface area contributed by atoms with Crippen LogP contribution in [0.2, 0.25) is 0 Å². The molecule has 0 aromatic heterocycles. The molecule has 3 aliphatic rings. The zero-order chi connectivity index (χ0) is 27.9. The van der Waals surface area contributed by atoms with Gasteiger partial charge in [0.25, 0.3) is 0 Å². The average Bonchev–Trinajstić information content (AvgIpc) is 2.77. The Bertz CT molecular complexity index is 947. The highest BCUT2D eigenvalue weighted by atomic mass is 32.2. The van der Waals surface area contributed by atoms with Crippen molar-refractivity contribution in [1.82, 2.24) is 0 Å². The third kappa shape index (κ3) is 6.31. The van der Waals surface area contributed by atoms with E-state index in [1.54, 1.807) is 0 Å². The van der Waals surface area contributed by atoms with Gasteiger partial charge >= 0.3 is 0 Å². The lowest BCUT2D eigenvalue weighted by atomic mass is 9.44. The Balaban J connectivity index is 1.69. The van der Waals surface area contributed by atoms with Crippen molar-refractivity contribution in [1.29, 1.82) is 0 Å². The van der Waals surface area contributed by atoms with Crippen molar-refractivity contribution in [2.75, 3.05) is 0 Å². The van der Waals surface area contributed by atoms with E-state index in [0.717, 1.165) is 22.8 Å². The fraction of sp³-hybridized carbons (Fsp3) is 0.833. The van der Waals surface area contributed by atoms with E-state index in [1.807, 2.05) is 0 Å². The van der Waals surface area contributed by atoms with Gasteiger partial charge in [-0.05, 0) is 89.9 Å². The van der Waals surface area contributed by atoms with Gasteiger partial charge < -0.3 is 5.11 Å². The molecule has 0 heterocycles. The quantitative estimate of drug-likeness (QED) is 0.387. The molecule has 0 aliphatic heterocycles. The molecule has 0 amide bonds. The number of fused-ring (bicyclic) bond motifs is 2. The van der Waals surface area contributed by atoms with Crippen molar-refractivity contribution < 1.29 is 5.11 Å². The predicted octanol–water partition coefficient (Wildman–Crippen LogP) is 11.2. The van der Waals surface area contributed by atoms with Gasteiger partial charge in [-0.15, -0.1) is 0 Å². The van der Waals surface area contributed by atoms with Crippen LogP contribution in [-0.4, -0.2) is 10.4 Å². The van der Waals surface area contributed by atoms with Gasteiger partial charge in [-0.25, -0.2) is 0 Å². The van der Waals surface area contributed by atoms with E-state index < -0.39 is 0 Å². The van der Waals surface area contributed by atoms with Crippen molar-refractivity contribution in [3.8, 4) is 5.75 Å². The van der Waals surface area contributed by atoms with Crippen LogP contribution in [0.25, 0.3) is 0 Å². The lowest BCUT2D eigenvalue weighted by Crippen LogP contribution is -2.52. The molecule has 4 atom stereocenters. The zero-order valence-electron chi connectivity index (χ0n) is 26.5. The summed E-state index contributed by atoms with van der Waals surface area (Å²) in [6.07, 6.45) is 16.2. The number of hydrogen-bond donors (Lipinski definition) is 1. The normalized spacial score (nSPS) is 33.4. The van der Waals surface area contributed by atoms with Crippen LogP contribution in [0.5, 0.6) is 5.75 Å². The smallest absolute Gasteiger partial charge is 0.123 e. The first-order valence-electron chi connectivity index (χ1n) is 16.2. The number of phenols is 1. The van der Waals surface area contributed by atoms with Crippen LogP contribution in [0.15, 0.2) is 12.1 Å². The van der Waals surface area contributed by atoms with Crippen molar-refractivity contribution in [3.05, 3.63) is 28.8 Å². The fourth-order valence-corrected chi connectivity index (χ4v) is 10.1. The summed E-state index contributed by atoms with van der Waals surface area (Å²) in [5.41, 5.74) is 4.78. The number of benzene rings is 1. The molecule has 1 nitrogen and oxygen atoms in total. The highest BCUT2D eigenvalue weighted by Crippen LogP contribution is 2.65. The van der Waals surface area contributed by atoms with Crippen molar-refractivity contribution >= 4 is 11.8 Å². The summed E-state index contributed by atoms with van der Waals surface area (Å²) >= 11 is 2.12. The fourth-order valence-electron chi connectivity index (χ4n) is 8.80. The molecule has 2 heteroatoms. The molecule has 3 aliphatic carbocycles. The van der Waals surface area contributed by atoms with Gasteiger partial charge in [-0.2, -0.15) is 11.8 Å². The predicted molar refractivity (Wildman–Crippen MR) is 168 cm³/mol. The maximum atomic E-state index is 12.0. The second-order valence-corrected chi connectivity index (χ2v) is 17.6. The first kappa shape index (κ1) is 30.3.